The van der Waals surface area contributed by atoms with Gasteiger partial charge in [-0.1, -0.05) is 48.4 Å². The fraction of sp³-hybridized carbons (Fsp3) is 0.556. The van der Waals surface area contributed by atoms with E-state index in [2.05, 4.69) is 76.0 Å². The number of anilines is 1. The van der Waals surface area contributed by atoms with Gasteiger partial charge in [0.2, 0.25) is 0 Å². The van der Waals surface area contributed by atoms with Crippen LogP contribution in [0.3, 0.4) is 0 Å². The van der Waals surface area contributed by atoms with Crippen LogP contribution < -0.4 is 5.01 Å². The van der Waals surface area contributed by atoms with Crippen LogP contribution in [-0.4, -0.2) is 11.1 Å². The van der Waals surface area contributed by atoms with Crippen LogP contribution in [0.1, 0.15) is 41.5 Å². The Morgan fingerprint density at radius 3 is 2.14 bits per heavy atom. The average molecular weight is 283 g/mol. The molecule has 1 aromatic carbocycles. The maximum Gasteiger partial charge on any atom is 0.113 e. The summed E-state index contributed by atoms with van der Waals surface area (Å²) in [6, 6.07) is 10.4. The highest BCUT2D eigenvalue weighted by molar-refractivity contribution is 5.53. The number of hydrogen-bond donors (Lipinski definition) is 0. The fourth-order valence-corrected chi connectivity index (χ4v) is 4.11. The van der Waals surface area contributed by atoms with E-state index >= 15 is 0 Å². The van der Waals surface area contributed by atoms with Gasteiger partial charge in [-0.3, -0.25) is 0 Å². The van der Waals surface area contributed by atoms with E-state index < -0.39 is 0 Å². The zero-order valence-corrected chi connectivity index (χ0v) is 13.9. The summed E-state index contributed by atoms with van der Waals surface area (Å²) in [6.45, 7) is 13.7. The van der Waals surface area contributed by atoms with E-state index in [4.69, 9.17) is 5.11 Å². The first-order valence-corrected chi connectivity index (χ1v) is 7.79. The SMILES string of the molecule is CC1=C(C)[C@H](C)[C@]2(C)N(c3ccccc3)N=N[C@]2(C)[C@@H]1C. The molecule has 3 rings (SSSR count). The van der Waals surface area contributed by atoms with Crippen LogP contribution in [0.25, 0.3) is 0 Å². The van der Waals surface area contributed by atoms with Crippen molar-refractivity contribution in [2.75, 3.05) is 5.01 Å². The van der Waals surface area contributed by atoms with Gasteiger partial charge in [0.1, 0.15) is 5.54 Å². The van der Waals surface area contributed by atoms with Crippen molar-refractivity contribution in [3.63, 3.8) is 0 Å². The van der Waals surface area contributed by atoms with Crippen molar-refractivity contribution in [2.24, 2.45) is 22.2 Å². The third-order valence-corrected chi connectivity index (χ3v) is 6.41. The van der Waals surface area contributed by atoms with Crippen molar-refractivity contribution < 1.29 is 0 Å². The predicted molar refractivity (Wildman–Crippen MR) is 87.3 cm³/mol. The number of fused-ring (bicyclic) bond motifs is 1. The lowest BCUT2D eigenvalue weighted by atomic mass is 9.57. The Labute approximate surface area is 127 Å². The van der Waals surface area contributed by atoms with Gasteiger partial charge in [0, 0.05) is 11.8 Å². The van der Waals surface area contributed by atoms with Gasteiger partial charge in [-0.15, -0.1) is 0 Å². The Bertz CT molecular complexity index is 619. The molecule has 112 valence electrons. The van der Waals surface area contributed by atoms with Gasteiger partial charge in [0.25, 0.3) is 0 Å². The zero-order valence-electron chi connectivity index (χ0n) is 13.9. The van der Waals surface area contributed by atoms with Crippen molar-refractivity contribution in [3.05, 3.63) is 41.5 Å². The van der Waals surface area contributed by atoms with Gasteiger partial charge in [-0.25, -0.2) is 5.01 Å². The molecule has 1 aliphatic carbocycles. The lowest BCUT2D eigenvalue weighted by Gasteiger charge is -2.53. The van der Waals surface area contributed by atoms with Crippen molar-refractivity contribution in [3.8, 4) is 0 Å². The molecule has 0 unspecified atom stereocenters. The monoisotopic (exact) mass is 283 g/mol. The molecule has 1 aromatic rings. The van der Waals surface area contributed by atoms with Crippen LogP contribution in [0.2, 0.25) is 0 Å². The Hall–Kier alpha value is -1.64. The number of rotatable bonds is 1. The molecule has 0 fully saturated rings. The van der Waals surface area contributed by atoms with Gasteiger partial charge < -0.3 is 0 Å². The summed E-state index contributed by atoms with van der Waals surface area (Å²) in [5.74, 6) is 0.810. The summed E-state index contributed by atoms with van der Waals surface area (Å²) < 4.78 is 0. The summed E-state index contributed by atoms with van der Waals surface area (Å²) in [4.78, 5) is 0. The molecule has 0 N–H and O–H groups in total. The number of hydrogen-bond acceptors (Lipinski definition) is 3. The van der Waals surface area contributed by atoms with Crippen LogP contribution >= 0.6 is 0 Å². The lowest BCUT2D eigenvalue weighted by molar-refractivity contribution is 0.158. The summed E-state index contributed by atoms with van der Waals surface area (Å²) in [5, 5.41) is 11.5. The number of nitrogens with zero attached hydrogens (tertiary/aromatic N) is 3. The van der Waals surface area contributed by atoms with Crippen molar-refractivity contribution in [2.45, 2.75) is 52.6 Å². The second kappa shape index (κ2) is 4.43. The molecule has 0 saturated heterocycles. The minimum absolute atomic E-state index is 0.128. The second-order valence-corrected chi connectivity index (χ2v) is 6.94. The molecule has 2 aliphatic rings. The minimum Gasteiger partial charge on any atom is -0.238 e. The minimum atomic E-state index is -0.189. The van der Waals surface area contributed by atoms with Crippen LogP contribution in [0, 0.1) is 11.8 Å². The predicted octanol–water partition coefficient (Wildman–Crippen LogP) is 5.01. The van der Waals surface area contributed by atoms with E-state index in [-0.39, 0.29) is 11.1 Å². The van der Waals surface area contributed by atoms with E-state index in [0.29, 0.717) is 11.8 Å². The summed E-state index contributed by atoms with van der Waals surface area (Å²) in [5.41, 5.74) is 3.76. The van der Waals surface area contributed by atoms with Crippen molar-refractivity contribution in [1.29, 1.82) is 0 Å². The maximum atomic E-state index is 4.75. The smallest absolute Gasteiger partial charge is 0.113 e. The molecule has 21 heavy (non-hydrogen) atoms. The summed E-state index contributed by atoms with van der Waals surface area (Å²) >= 11 is 0. The van der Waals surface area contributed by atoms with E-state index in [1.54, 1.807) is 0 Å². The van der Waals surface area contributed by atoms with Gasteiger partial charge in [-0.2, -0.15) is 5.11 Å². The molecule has 3 heteroatoms. The van der Waals surface area contributed by atoms with E-state index in [1.807, 2.05) is 6.07 Å². The number of para-hydroxylation sites is 1. The largest absolute Gasteiger partial charge is 0.238 e. The molecule has 0 aromatic heterocycles. The van der Waals surface area contributed by atoms with Gasteiger partial charge >= 0.3 is 0 Å². The standard InChI is InChI=1S/C18H25N3/c1-12-13(2)15(4)18(6)17(5,14(12)3)19-20-21(18)16-10-8-7-9-11-16/h7-11,14-15H,1-6H3/t14-,15+,17-,18+/m1/s1. The van der Waals surface area contributed by atoms with Crippen LogP contribution in [0.4, 0.5) is 5.69 Å². The molecular weight excluding hydrogens is 258 g/mol. The van der Waals surface area contributed by atoms with Gasteiger partial charge in [-0.05, 0) is 39.8 Å². The summed E-state index contributed by atoms with van der Waals surface area (Å²) in [7, 11) is 0. The van der Waals surface area contributed by atoms with Gasteiger partial charge in [0.15, 0.2) is 0 Å². The first kappa shape index (κ1) is 14.3. The molecular formula is C18H25N3. The normalized spacial score (nSPS) is 38.9. The molecule has 0 amide bonds. The Morgan fingerprint density at radius 2 is 1.52 bits per heavy atom. The van der Waals surface area contributed by atoms with E-state index in [9.17, 15) is 0 Å². The van der Waals surface area contributed by atoms with Crippen molar-refractivity contribution >= 4 is 5.69 Å². The molecule has 0 spiro atoms. The topological polar surface area (TPSA) is 28.0 Å². The Balaban J connectivity index is 2.17. The molecule has 0 radical (unpaired) electrons. The molecule has 1 heterocycles. The average Bonchev–Trinajstić information content (AvgIpc) is 2.78. The molecule has 3 nitrogen and oxygen atoms in total. The van der Waals surface area contributed by atoms with Crippen LogP contribution in [0.15, 0.2) is 51.8 Å². The maximum absolute atomic E-state index is 4.75. The third-order valence-electron chi connectivity index (χ3n) is 6.41. The third kappa shape index (κ3) is 1.60. The molecule has 4 atom stereocenters. The van der Waals surface area contributed by atoms with Gasteiger partial charge in [0.05, 0.1) is 11.2 Å². The highest BCUT2D eigenvalue weighted by Crippen LogP contribution is 2.56. The first-order chi connectivity index (χ1) is 9.84. The molecule has 0 bridgehead atoms. The lowest BCUT2D eigenvalue weighted by Crippen LogP contribution is -2.64. The van der Waals surface area contributed by atoms with E-state index in [1.165, 1.54) is 11.1 Å². The summed E-state index contributed by atoms with van der Waals surface area (Å²) in [6.07, 6.45) is 0. The van der Waals surface area contributed by atoms with Crippen molar-refractivity contribution in [1.82, 2.24) is 0 Å². The second-order valence-electron chi connectivity index (χ2n) is 6.94. The van der Waals surface area contributed by atoms with E-state index in [0.717, 1.165) is 5.69 Å². The fourth-order valence-electron chi connectivity index (χ4n) is 4.11. The molecule has 0 saturated carbocycles. The van der Waals surface area contributed by atoms with Crippen LogP contribution in [-0.2, 0) is 0 Å². The number of benzene rings is 1. The first-order valence-electron chi connectivity index (χ1n) is 7.79. The highest BCUT2D eigenvalue weighted by Gasteiger charge is 2.62. The molecule has 1 aliphatic heterocycles. The van der Waals surface area contributed by atoms with Crippen LogP contribution in [0.5, 0.6) is 0 Å². The quantitative estimate of drug-likeness (QED) is 0.665. The Kier molecular flexibility index (Phi) is 3.01. The zero-order chi connectivity index (χ0) is 15.4. The Morgan fingerprint density at radius 1 is 0.952 bits per heavy atom. The highest BCUT2D eigenvalue weighted by atomic mass is 15.6.